The van der Waals surface area contributed by atoms with Crippen LogP contribution >= 0.6 is 0 Å². The van der Waals surface area contributed by atoms with Gasteiger partial charge in [0.1, 0.15) is 32.3 Å². The van der Waals surface area contributed by atoms with Gasteiger partial charge in [-0.1, -0.05) is 13.8 Å². The van der Waals surface area contributed by atoms with Crippen LogP contribution in [0.1, 0.15) is 13.8 Å². The molecule has 2 unspecified atom stereocenters. The van der Waals surface area contributed by atoms with E-state index < -0.39 is 23.7 Å². The van der Waals surface area contributed by atoms with Gasteiger partial charge in [0.05, 0.1) is 12.9 Å². The summed E-state index contributed by atoms with van der Waals surface area (Å²) in [5.74, 6) is -0.659. The smallest absolute Gasteiger partial charge is 0.323 e. The first-order chi connectivity index (χ1) is 12.8. The molecule has 0 aliphatic rings. The molecule has 0 amide bonds. The number of carbonyl (C=O) groups is 1. The van der Waals surface area contributed by atoms with Crippen LogP contribution in [0.15, 0.2) is 11.1 Å². The SMILES string of the molecule is CC(C)C(N)C(=O)OCC(CO)OCOCn1cnc2c(=O)[nH]c(N)nc21. The third kappa shape index (κ3) is 5.47. The normalized spacial score (nSPS) is 13.8. The van der Waals surface area contributed by atoms with Gasteiger partial charge in [-0.15, -0.1) is 0 Å². The largest absolute Gasteiger partial charge is 0.462 e. The Balaban J connectivity index is 1.80. The van der Waals surface area contributed by atoms with Gasteiger partial charge in [0, 0.05) is 0 Å². The van der Waals surface area contributed by atoms with Crippen molar-refractivity contribution in [1.82, 2.24) is 19.5 Å². The number of aromatic amines is 1. The Kier molecular flexibility index (Phi) is 7.24. The molecule has 2 rings (SSSR count). The zero-order valence-corrected chi connectivity index (χ0v) is 15.1. The second-order valence-corrected chi connectivity index (χ2v) is 6.16. The number of aliphatic hydroxyl groups is 1. The number of esters is 1. The van der Waals surface area contributed by atoms with Gasteiger partial charge in [-0.3, -0.25) is 19.1 Å². The number of carbonyl (C=O) groups excluding carboxylic acids is 1. The standard InChI is InChI=1S/C15H24N6O6/c1-8(2)10(16)14(24)26-4-9(3-22)27-7-25-6-21-5-18-11-12(21)19-15(17)20-13(11)23/h5,8-10,22H,3-4,6-7,16H2,1-2H3,(H3,17,19,20,23). The molecule has 2 aromatic rings. The van der Waals surface area contributed by atoms with E-state index >= 15 is 0 Å². The highest BCUT2D eigenvalue weighted by atomic mass is 16.7. The van der Waals surface area contributed by atoms with Crippen LogP contribution in [0.2, 0.25) is 0 Å². The molecule has 0 radical (unpaired) electrons. The third-order valence-electron chi connectivity index (χ3n) is 3.72. The summed E-state index contributed by atoms with van der Waals surface area (Å²) in [5.41, 5.74) is 11.1. The molecular weight excluding hydrogens is 360 g/mol. The van der Waals surface area contributed by atoms with E-state index in [1.54, 1.807) is 13.8 Å². The van der Waals surface area contributed by atoms with Crippen LogP contribution in [0, 0.1) is 5.92 Å². The van der Waals surface area contributed by atoms with Crippen LogP contribution < -0.4 is 17.0 Å². The molecule has 150 valence electrons. The van der Waals surface area contributed by atoms with Crippen molar-refractivity contribution in [2.24, 2.45) is 11.7 Å². The number of nitrogens with one attached hydrogen (secondary N) is 1. The minimum Gasteiger partial charge on any atom is -0.462 e. The summed E-state index contributed by atoms with van der Waals surface area (Å²) in [7, 11) is 0. The van der Waals surface area contributed by atoms with Crippen molar-refractivity contribution in [3.63, 3.8) is 0 Å². The van der Waals surface area contributed by atoms with Gasteiger partial charge in [0.2, 0.25) is 5.95 Å². The van der Waals surface area contributed by atoms with Gasteiger partial charge in [-0.05, 0) is 5.92 Å². The van der Waals surface area contributed by atoms with Crippen molar-refractivity contribution in [2.45, 2.75) is 32.7 Å². The van der Waals surface area contributed by atoms with E-state index in [4.69, 9.17) is 25.7 Å². The lowest BCUT2D eigenvalue weighted by Crippen LogP contribution is -2.39. The summed E-state index contributed by atoms with van der Waals surface area (Å²) in [5, 5.41) is 9.29. The first kappa shape index (κ1) is 20.8. The number of imidazole rings is 1. The lowest BCUT2D eigenvalue weighted by molar-refractivity contribution is -0.161. The Labute approximate surface area is 154 Å². The van der Waals surface area contributed by atoms with E-state index in [0.29, 0.717) is 0 Å². The Morgan fingerprint density at radius 3 is 2.85 bits per heavy atom. The number of anilines is 1. The molecule has 0 spiro atoms. The summed E-state index contributed by atoms with van der Waals surface area (Å²) < 4.78 is 17.1. The van der Waals surface area contributed by atoms with Crippen LogP contribution in [-0.4, -0.2) is 62.7 Å². The van der Waals surface area contributed by atoms with E-state index in [1.165, 1.54) is 10.9 Å². The molecule has 12 heteroatoms. The van der Waals surface area contributed by atoms with Crippen LogP contribution in [0.3, 0.4) is 0 Å². The van der Waals surface area contributed by atoms with Crippen molar-refractivity contribution in [3.05, 3.63) is 16.7 Å². The average molecular weight is 384 g/mol. The first-order valence-electron chi connectivity index (χ1n) is 8.26. The molecule has 0 fully saturated rings. The van der Waals surface area contributed by atoms with Crippen LogP contribution in [0.5, 0.6) is 0 Å². The number of H-pyrrole nitrogens is 1. The quantitative estimate of drug-likeness (QED) is 0.215. The van der Waals surface area contributed by atoms with E-state index in [-0.39, 0.29) is 49.8 Å². The molecule has 0 aromatic carbocycles. The number of hydrogen-bond donors (Lipinski definition) is 4. The summed E-state index contributed by atoms with van der Waals surface area (Å²) in [6, 6.07) is -0.738. The first-order valence-corrected chi connectivity index (χ1v) is 8.26. The molecule has 2 atom stereocenters. The molecule has 0 saturated carbocycles. The zero-order chi connectivity index (χ0) is 20.0. The Bertz CT molecular complexity index is 819. The lowest BCUT2D eigenvalue weighted by Gasteiger charge is -2.18. The number of hydrogen-bond acceptors (Lipinski definition) is 10. The van der Waals surface area contributed by atoms with Gasteiger partial charge in [-0.25, -0.2) is 4.98 Å². The summed E-state index contributed by atoms with van der Waals surface area (Å²) in [4.78, 5) is 33.7. The number of aliphatic hydroxyl groups excluding tert-OH is 1. The van der Waals surface area contributed by atoms with Crippen molar-refractivity contribution in [3.8, 4) is 0 Å². The third-order valence-corrected chi connectivity index (χ3v) is 3.72. The van der Waals surface area contributed by atoms with Crippen LogP contribution in [0.25, 0.3) is 11.2 Å². The van der Waals surface area contributed by atoms with Gasteiger partial charge < -0.3 is 30.8 Å². The molecule has 0 saturated heterocycles. The Hall–Kier alpha value is -2.54. The maximum Gasteiger partial charge on any atom is 0.323 e. The van der Waals surface area contributed by atoms with E-state index in [0.717, 1.165) is 0 Å². The van der Waals surface area contributed by atoms with E-state index in [1.807, 2.05) is 0 Å². The predicted molar refractivity (Wildman–Crippen MR) is 94.2 cm³/mol. The maximum absolute atomic E-state index is 11.7. The molecule has 2 heterocycles. The monoisotopic (exact) mass is 384 g/mol. The van der Waals surface area contributed by atoms with Gasteiger partial charge in [-0.2, -0.15) is 4.98 Å². The number of nitrogen functional groups attached to an aromatic ring is 1. The summed E-state index contributed by atoms with van der Waals surface area (Å²) >= 11 is 0. The van der Waals surface area contributed by atoms with Gasteiger partial charge in [0.25, 0.3) is 5.56 Å². The highest BCUT2D eigenvalue weighted by Crippen LogP contribution is 2.07. The molecule has 27 heavy (non-hydrogen) atoms. The molecule has 0 aliphatic heterocycles. The Morgan fingerprint density at radius 1 is 1.44 bits per heavy atom. The van der Waals surface area contributed by atoms with Crippen molar-refractivity contribution in [1.29, 1.82) is 0 Å². The van der Waals surface area contributed by atoms with Gasteiger partial charge >= 0.3 is 5.97 Å². The number of aromatic nitrogens is 4. The number of rotatable bonds is 10. The second-order valence-electron chi connectivity index (χ2n) is 6.16. The fourth-order valence-corrected chi connectivity index (χ4v) is 2.04. The van der Waals surface area contributed by atoms with E-state index in [9.17, 15) is 14.7 Å². The molecule has 0 aliphatic carbocycles. The molecule has 0 bridgehead atoms. The van der Waals surface area contributed by atoms with Crippen LogP contribution in [0.4, 0.5) is 5.95 Å². The number of ether oxygens (including phenoxy) is 3. The highest BCUT2D eigenvalue weighted by molar-refractivity contribution is 5.75. The lowest BCUT2D eigenvalue weighted by atomic mass is 10.1. The second kappa shape index (κ2) is 9.41. The number of fused-ring (bicyclic) bond motifs is 1. The number of nitrogens with zero attached hydrogens (tertiary/aromatic N) is 3. The topological polar surface area (TPSA) is 181 Å². The van der Waals surface area contributed by atoms with E-state index in [2.05, 4.69) is 15.0 Å². The highest BCUT2D eigenvalue weighted by Gasteiger charge is 2.20. The molecular formula is C15H24N6O6. The van der Waals surface area contributed by atoms with Crippen molar-refractivity contribution >= 4 is 23.1 Å². The minimum absolute atomic E-state index is 0.0114. The van der Waals surface area contributed by atoms with Gasteiger partial charge in [0.15, 0.2) is 11.2 Å². The fourth-order valence-electron chi connectivity index (χ4n) is 2.04. The predicted octanol–water partition coefficient (Wildman–Crippen LogP) is -1.46. The summed E-state index contributed by atoms with van der Waals surface area (Å²) in [6.45, 7) is 2.88. The molecule has 2 aromatic heterocycles. The van der Waals surface area contributed by atoms with Crippen molar-refractivity contribution < 1.29 is 24.1 Å². The fraction of sp³-hybridized carbons (Fsp3) is 0.600. The molecule has 12 nitrogen and oxygen atoms in total. The zero-order valence-electron chi connectivity index (χ0n) is 15.1. The van der Waals surface area contributed by atoms with Crippen molar-refractivity contribution in [2.75, 3.05) is 25.7 Å². The average Bonchev–Trinajstić information content (AvgIpc) is 3.03. The van der Waals surface area contributed by atoms with Crippen LogP contribution in [-0.2, 0) is 25.7 Å². The Morgan fingerprint density at radius 2 is 2.19 bits per heavy atom. The molecule has 6 N–H and O–H groups in total. The summed E-state index contributed by atoms with van der Waals surface area (Å²) in [6.07, 6.45) is 0.620. The minimum atomic E-state index is -0.760. The maximum atomic E-state index is 11.7. The number of nitrogens with two attached hydrogens (primary N) is 2.